The highest BCUT2D eigenvalue weighted by molar-refractivity contribution is 5.90. The van der Waals surface area contributed by atoms with Gasteiger partial charge in [-0.2, -0.15) is 9.97 Å². The van der Waals surface area contributed by atoms with Crippen LogP contribution in [0.5, 0.6) is 11.5 Å². The first kappa shape index (κ1) is 30.2. The number of fused-ring (bicyclic) bond motifs is 2. The molecular formula is C35H43N7O4. The first-order valence-corrected chi connectivity index (χ1v) is 16.5. The molecule has 0 unspecified atom stereocenters. The van der Waals surface area contributed by atoms with Crippen LogP contribution in [0.2, 0.25) is 0 Å². The molecule has 4 N–H and O–H groups in total. The molecule has 46 heavy (non-hydrogen) atoms. The van der Waals surface area contributed by atoms with Crippen molar-refractivity contribution in [2.24, 2.45) is 0 Å². The molecule has 2 aliphatic heterocycles. The minimum Gasteiger partial charge on any atom is -0.492 e. The van der Waals surface area contributed by atoms with Crippen molar-refractivity contribution in [3.63, 3.8) is 0 Å². The van der Waals surface area contributed by atoms with Crippen LogP contribution in [0.15, 0.2) is 63.4 Å². The van der Waals surface area contributed by atoms with Crippen LogP contribution in [0.4, 0.5) is 23.4 Å². The number of hydrogen-bond acceptors (Lipinski definition) is 11. The predicted octanol–water partition coefficient (Wildman–Crippen LogP) is 6.32. The van der Waals surface area contributed by atoms with E-state index in [-0.39, 0.29) is 0 Å². The summed E-state index contributed by atoms with van der Waals surface area (Å²) in [4.78, 5) is 14.7. The maximum atomic E-state index is 6.53. The smallest absolute Gasteiger partial charge is 0.300 e. The van der Waals surface area contributed by atoms with E-state index in [1.165, 1.54) is 0 Å². The largest absolute Gasteiger partial charge is 0.492 e. The molecule has 242 valence electrons. The number of aromatic nitrogens is 2. The number of oxazole rings is 2. The van der Waals surface area contributed by atoms with Crippen LogP contribution in [0.3, 0.4) is 0 Å². The molecular weight excluding hydrogens is 582 g/mol. The topological polar surface area (TPSA) is 127 Å². The minimum absolute atomic E-state index is 0.324. The summed E-state index contributed by atoms with van der Waals surface area (Å²) in [6.45, 7) is 9.79. The van der Waals surface area contributed by atoms with Gasteiger partial charge in [0.25, 0.3) is 12.0 Å². The molecule has 2 fully saturated rings. The Balaban J connectivity index is 1.10. The van der Waals surface area contributed by atoms with Crippen molar-refractivity contribution >= 4 is 45.6 Å². The molecule has 0 spiro atoms. The van der Waals surface area contributed by atoms with E-state index in [1.54, 1.807) is 0 Å². The van der Waals surface area contributed by atoms with Gasteiger partial charge >= 0.3 is 0 Å². The number of ether oxygens (including phenoxy) is 2. The van der Waals surface area contributed by atoms with Gasteiger partial charge < -0.3 is 39.6 Å². The van der Waals surface area contributed by atoms with Crippen LogP contribution >= 0.6 is 0 Å². The van der Waals surface area contributed by atoms with Crippen LogP contribution < -0.4 is 30.7 Å². The highest BCUT2D eigenvalue weighted by Crippen LogP contribution is 2.37. The lowest BCUT2D eigenvalue weighted by atomic mass is 9.97. The molecule has 2 aliphatic rings. The fraction of sp³-hybridized carbons (Fsp3) is 0.429. The van der Waals surface area contributed by atoms with E-state index in [4.69, 9.17) is 29.0 Å². The lowest BCUT2D eigenvalue weighted by Gasteiger charge is -2.43. The standard InChI is InChI=1S/C35H43N7O4/c1-3-43-30-20-23(21-31(32(30)36)44-4-2)22-41-18-14-25(15-19-41)42(24-12-16-37-17-13-24)35-40-33-27(9-7-11-29(33)46-35)39-34-38-26-8-5-6-10-28(26)45-34/h5-11,20-21,24-25,37H,3-4,12-19,22,36H2,1-2H3,(H,38,39). The summed E-state index contributed by atoms with van der Waals surface area (Å²) in [5, 5.41) is 6.86. The lowest BCUT2D eigenvalue weighted by molar-refractivity contribution is 0.191. The molecule has 11 nitrogen and oxygen atoms in total. The number of nitrogens with one attached hydrogen (secondary N) is 2. The zero-order chi connectivity index (χ0) is 31.5. The summed E-state index contributed by atoms with van der Waals surface area (Å²) in [6, 6.07) is 19.6. The van der Waals surface area contributed by atoms with Crippen molar-refractivity contribution in [3.8, 4) is 11.5 Å². The van der Waals surface area contributed by atoms with Gasteiger partial charge in [0.2, 0.25) is 0 Å². The lowest BCUT2D eigenvalue weighted by Crippen LogP contribution is -2.52. The number of nitrogens with two attached hydrogens (primary N) is 1. The second kappa shape index (κ2) is 13.5. The molecule has 0 aliphatic carbocycles. The van der Waals surface area contributed by atoms with Crippen LogP contribution in [-0.2, 0) is 6.54 Å². The Hall–Kier alpha value is -4.48. The second-order valence-electron chi connectivity index (χ2n) is 12.0. The molecule has 4 heterocycles. The summed E-state index contributed by atoms with van der Waals surface area (Å²) < 4.78 is 24.1. The Kier molecular flexibility index (Phi) is 8.85. The third kappa shape index (κ3) is 6.29. The first-order valence-electron chi connectivity index (χ1n) is 16.5. The van der Waals surface area contributed by atoms with Gasteiger partial charge in [0.05, 0.1) is 18.9 Å². The molecule has 0 atom stereocenters. The average molecular weight is 626 g/mol. The number of rotatable bonds is 11. The summed E-state index contributed by atoms with van der Waals surface area (Å²) in [5.41, 5.74) is 11.9. The van der Waals surface area contributed by atoms with Gasteiger partial charge in [0, 0.05) is 31.7 Å². The van der Waals surface area contributed by atoms with E-state index in [9.17, 15) is 0 Å². The number of benzene rings is 3. The van der Waals surface area contributed by atoms with Crippen LogP contribution in [0, 0.1) is 0 Å². The fourth-order valence-electron chi connectivity index (χ4n) is 6.79. The Morgan fingerprint density at radius 1 is 0.891 bits per heavy atom. The highest BCUT2D eigenvalue weighted by Gasteiger charge is 2.34. The van der Waals surface area contributed by atoms with Crippen molar-refractivity contribution in [2.45, 2.75) is 58.2 Å². The monoisotopic (exact) mass is 625 g/mol. The maximum Gasteiger partial charge on any atom is 0.300 e. The van der Waals surface area contributed by atoms with E-state index in [0.717, 1.165) is 91.9 Å². The third-order valence-corrected chi connectivity index (χ3v) is 8.99. The van der Waals surface area contributed by atoms with Crippen molar-refractivity contribution < 1.29 is 18.3 Å². The number of para-hydroxylation sites is 3. The molecule has 0 radical (unpaired) electrons. The number of likely N-dealkylation sites (tertiary alicyclic amines) is 1. The van der Waals surface area contributed by atoms with E-state index >= 15 is 0 Å². The van der Waals surface area contributed by atoms with Gasteiger partial charge in [-0.3, -0.25) is 4.90 Å². The first-order chi connectivity index (χ1) is 22.6. The molecule has 11 heteroatoms. The van der Waals surface area contributed by atoms with Gasteiger partial charge in [0.15, 0.2) is 11.2 Å². The van der Waals surface area contributed by atoms with Gasteiger partial charge in [-0.05, 0) is 94.6 Å². The molecule has 0 saturated carbocycles. The summed E-state index contributed by atoms with van der Waals surface area (Å²) in [5.74, 6) is 1.38. The van der Waals surface area contributed by atoms with E-state index < -0.39 is 0 Å². The quantitative estimate of drug-likeness (QED) is 0.143. The van der Waals surface area contributed by atoms with E-state index in [1.807, 2.05) is 56.3 Å². The minimum atomic E-state index is 0.324. The molecule has 0 amide bonds. The van der Waals surface area contributed by atoms with Gasteiger partial charge in [-0.15, -0.1) is 0 Å². The zero-order valence-corrected chi connectivity index (χ0v) is 26.6. The summed E-state index contributed by atoms with van der Waals surface area (Å²) in [6.07, 6.45) is 4.14. The normalized spacial score (nSPS) is 16.7. The van der Waals surface area contributed by atoms with Crippen LogP contribution in [0.1, 0.15) is 45.1 Å². The Morgan fingerprint density at radius 2 is 1.59 bits per heavy atom. The number of piperidine rings is 2. The fourth-order valence-corrected chi connectivity index (χ4v) is 6.79. The number of hydrogen-bond donors (Lipinski definition) is 3. The Bertz CT molecular complexity index is 1710. The van der Waals surface area contributed by atoms with Crippen molar-refractivity contribution in [1.29, 1.82) is 0 Å². The molecule has 2 aromatic heterocycles. The van der Waals surface area contributed by atoms with Crippen molar-refractivity contribution in [2.75, 3.05) is 55.3 Å². The second-order valence-corrected chi connectivity index (χ2v) is 12.0. The number of nitrogens with zero attached hydrogens (tertiary/aromatic N) is 4. The van der Waals surface area contributed by atoms with E-state index in [2.05, 4.69) is 37.6 Å². The summed E-state index contributed by atoms with van der Waals surface area (Å²) in [7, 11) is 0. The van der Waals surface area contributed by atoms with Gasteiger partial charge in [0.1, 0.15) is 28.2 Å². The van der Waals surface area contributed by atoms with Gasteiger partial charge in [-0.25, -0.2) is 0 Å². The van der Waals surface area contributed by atoms with Crippen molar-refractivity contribution in [3.05, 3.63) is 60.2 Å². The van der Waals surface area contributed by atoms with Gasteiger partial charge in [-0.1, -0.05) is 18.2 Å². The van der Waals surface area contributed by atoms with Crippen LogP contribution in [0.25, 0.3) is 22.2 Å². The molecule has 5 aromatic rings. The molecule has 2 saturated heterocycles. The molecule has 3 aromatic carbocycles. The number of nitrogen functional groups attached to an aromatic ring is 1. The number of anilines is 4. The SMILES string of the molecule is CCOc1cc(CN2CCC(N(c3nc4c(Nc5nc6ccccc6o5)cccc4o3)C3CCNCC3)CC2)cc(OCC)c1N. The summed E-state index contributed by atoms with van der Waals surface area (Å²) >= 11 is 0. The van der Waals surface area contributed by atoms with Crippen LogP contribution in [-0.4, -0.2) is 66.3 Å². The predicted molar refractivity (Wildman–Crippen MR) is 181 cm³/mol. The zero-order valence-electron chi connectivity index (χ0n) is 26.6. The van der Waals surface area contributed by atoms with E-state index in [0.29, 0.717) is 54.5 Å². The Labute approximate surface area is 269 Å². The molecule has 0 bridgehead atoms. The Morgan fingerprint density at radius 3 is 2.30 bits per heavy atom. The third-order valence-electron chi connectivity index (χ3n) is 8.99. The maximum absolute atomic E-state index is 6.53. The highest BCUT2D eigenvalue weighted by atomic mass is 16.5. The van der Waals surface area contributed by atoms with Crippen molar-refractivity contribution in [1.82, 2.24) is 20.2 Å². The molecule has 7 rings (SSSR count). The average Bonchev–Trinajstić information content (AvgIpc) is 3.69.